The van der Waals surface area contributed by atoms with Crippen LogP contribution in [0, 0.1) is 0 Å². The maximum Gasteiger partial charge on any atom is 0.0434 e. The molecule has 1 aromatic carbocycles. The van der Waals surface area contributed by atoms with Gasteiger partial charge in [-0.2, -0.15) is 0 Å². The Balaban J connectivity index is 2.57. The Hall–Kier alpha value is -1.06. The Bertz CT molecular complexity index is 289. The van der Waals surface area contributed by atoms with Gasteiger partial charge in [0.2, 0.25) is 0 Å². The van der Waals surface area contributed by atoms with Crippen molar-refractivity contribution in [2.24, 2.45) is 5.73 Å². The molecule has 1 rings (SSSR count). The minimum absolute atomic E-state index is 0.247. The molecule has 4 N–H and O–H groups in total. The minimum Gasteiger partial charge on any atom is -0.396 e. The van der Waals surface area contributed by atoms with Crippen molar-refractivity contribution in [1.82, 2.24) is 0 Å². The Labute approximate surface area is 91.3 Å². The first kappa shape index (κ1) is 12.0. The monoisotopic (exact) mass is 208 g/mol. The van der Waals surface area contributed by atoms with Gasteiger partial charge in [0.25, 0.3) is 0 Å². The zero-order valence-corrected chi connectivity index (χ0v) is 9.24. The Morgan fingerprint density at radius 2 is 2.27 bits per heavy atom. The van der Waals surface area contributed by atoms with Crippen molar-refractivity contribution in [3.8, 4) is 0 Å². The molecule has 0 spiro atoms. The van der Waals surface area contributed by atoms with E-state index in [-0.39, 0.29) is 12.6 Å². The van der Waals surface area contributed by atoms with Crippen LogP contribution in [0.1, 0.15) is 18.9 Å². The number of aliphatic hydroxyl groups is 1. The fourth-order valence-corrected chi connectivity index (χ4v) is 1.44. The lowest BCUT2D eigenvalue weighted by Crippen LogP contribution is -2.25. The van der Waals surface area contributed by atoms with Crippen molar-refractivity contribution in [3.05, 3.63) is 29.8 Å². The molecule has 0 radical (unpaired) electrons. The zero-order valence-electron chi connectivity index (χ0n) is 9.24. The molecular weight excluding hydrogens is 188 g/mol. The van der Waals surface area contributed by atoms with E-state index in [1.807, 2.05) is 12.1 Å². The fraction of sp³-hybridized carbons (Fsp3) is 0.500. The largest absolute Gasteiger partial charge is 0.396 e. The summed E-state index contributed by atoms with van der Waals surface area (Å²) in [6.07, 6.45) is 1.74. The standard InChI is InChI=1S/C12H20N2O/c1-10(9-13)14-12-6-2-4-11(8-12)5-3-7-15/h2,4,6,8,10,14-15H,3,5,7,9,13H2,1H3. The van der Waals surface area contributed by atoms with Crippen molar-refractivity contribution in [3.63, 3.8) is 0 Å². The van der Waals surface area contributed by atoms with E-state index in [0.717, 1.165) is 18.5 Å². The lowest BCUT2D eigenvalue weighted by molar-refractivity contribution is 0.288. The number of nitrogens with one attached hydrogen (secondary N) is 1. The molecule has 0 saturated heterocycles. The van der Waals surface area contributed by atoms with Crippen LogP contribution in [0.3, 0.4) is 0 Å². The van der Waals surface area contributed by atoms with Gasteiger partial charge in [-0.05, 0) is 37.5 Å². The van der Waals surface area contributed by atoms with Gasteiger partial charge in [-0.25, -0.2) is 0 Å². The minimum atomic E-state index is 0.247. The molecule has 0 bridgehead atoms. The molecule has 0 heterocycles. The van der Waals surface area contributed by atoms with Crippen molar-refractivity contribution in [2.75, 3.05) is 18.5 Å². The summed E-state index contributed by atoms with van der Waals surface area (Å²) in [6.45, 7) is 2.93. The molecule has 84 valence electrons. The molecule has 1 atom stereocenters. The first-order valence-corrected chi connectivity index (χ1v) is 5.42. The van der Waals surface area contributed by atoms with Gasteiger partial charge >= 0.3 is 0 Å². The Morgan fingerprint density at radius 3 is 2.93 bits per heavy atom. The van der Waals surface area contributed by atoms with Gasteiger partial charge in [0.15, 0.2) is 0 Å². The van der Waals surface area contributed by atoms with E-state index in [1.165, 1.54) is 5.56 Å². The molecular formula is C12H20N2O. The van der Waals surface area contributed by atoms with E-state index < -0.39 is 0 Å². The number of hydrogen-bond donors (Lipinski definition) is 3. The van der Waals surface area contributed by atoms with E-state index in [9.17, 15) is 0 Å². The second-order valence-corrected chi connectivity index (χ2v) is 3.81. The molecule has 1 unspecified atom stereocenters. The molecule has 0 amide bonds. The van der Waals surface area contributed by atoms with E-state index in [2.05, 4.69) is 24.4 Å². The van der Waals surface area contributed by atoms with Crippen LogP contribution in [-0.2, 0) is 6.42 Å². The highest BCUT2D eigenvalue weighted by Crippen LogP contribution is 2.12. The van der Waals surface area contributed by atoms with Crippen molar-refractivity contribution in [1.29, 1.82) is 0 Å². The van der Waals surface area contributed by atoms with Crippen molar-refractivity contribution >= 4 is 5.69 Å². The molecule has 3 heteroatoms. The Morgan fingerprint density at radius 1 is 1.47 bits per heavy atom. The summed E-state index contributed by atoms with van der Waals surface area (Å²) in [4.78, 5) is 0. The summed E-state index contributed by atoms with van der Waals surface area (Å²) in [5.41, 5.74) is 7.89. The molecule has 0 aromatic heterocycles. The van der Waals surface area contributed by atoms with Crippen LogP contribution < -0.4 is 11.1 Å². The summed E-state index contributed by atoms with van der Waals surface area (Å²) >= 11 is 0. The third-order valence-corrected chi connectivity index (χ3v) is 2.32. The van der Waals surface area contributed by atoms with Crippen LogP contribution in [0.5, 0.6) is 0 Å². The van der Waals surface area contributed by atoms with Crippen molar-refractivity contribution in [2.45, 2.75) is 25.8 Å². The second-order valence-electron chi connectivity index (χ2n) is 3.81. The van der Waals surface area contributed by atoms with E-state index in [4.69, 9.17) is 10.8 Å². The van der Waals surface area contributed by atoms with E-state index in [0.29, 0.717) is 6.54 Å². The number of hydrogen-bond acceptors (Lipinski definition) is 3. The number of nitrogens with two attached hydrogens (primary N) is 1. The summed E-state index contributed by atoms with van der Waals surface area (Å²) < 4.78 is 0. The Kier molecular flexibility index (Phi) is 5.15. The topological polar surface area (TPSA) is 58.3 Å². The third-order valence-electron chi connectivity index (χ3n) is 2.32. The van der Waals surface area contributed by atoms with Crippen LogP contribution >= 0.6 is 0 Å². The highest BCUT2D eigenvalue weighted by molar-refractivity contribution is 5.46. The summed E-state index contributed by atoms with van der Waals surface area (Å²) in [5, 5.41) is 12.1. The predicted molar refractivity (Wildman–Crippen MR) is 64.0 cm³/mol. The summed E-state index contributed by atoms with van der Waals surface area (Å²) in [5.74, 6) is 0. The molecule has 0 aliphatic rings. The molecule has 0 fully saturated rings. The summed E-state index contributed by atoms with van der Waals surface area (Å²) in [7, 11) is 0. The predicted octanol–water partition coefficient (Wildman–Crippen LogP) is 1.37. The molecule has 0 saturated carbocycles. The first-order chi connectivity index (χ1) is 7.26. The molecule has 3 nitrogen and oxygen atoms in total. The van der Waals surface area contributed by atoms with E-state index >= 15 is 0 Å². The third kappa shape index (κ3) is 4.32. The normalized spacial score (nSPS) is 12.5. The first-order valence-electron chi connectivity index (χ1n) is 5.42. The zero-order chi connectivity index (χ0) is 11.1. The SMILES string of the molecule is CC(CN)Nc1cccc(CCCO)c1. The van der Waals surface area contributed by atoms with Gasteiger partial charge < -0.3 is 16.2 Å². The van der Waals surface area contributed by atoms with Gasteiger partial charge in [-0.3, -0.25) is 0 Å². The number of benzene rings is 1. The average molecular weight is 208 g/mol. The molecule has 15 heavy (non-hydrogen) atoms. The van der Waals surface area contributed by atoms with Crippen LogP contribution in [0.15, 0.2) is 24.3 Å². The number of aliphatic hydroxyl groups excluding tert-OH is 1. The number of aryl methyl sites for hydroxylation is 1. The smallest absolute Gasteiger partial charge is 0.0434 e. The van der Waals surface area contributed by atoms with E-state index in [1.54, 1.807) is 0 Å². The lowest BCUT2D eigenvalue weighted by Gasteiger charge is -2.13. The van der Waals surface area contributed by atoms with Gasteiger partial charge in [0.05, 0.1) is 0 Å². The van der Waals surface area contributed by atoms with Crippen LogP contribution in [-0.4, -0.2) is 24.3 Å². The van der Waals surface area contributed by atoms with Gasteiger partial charge in [-0.15, -0.1) is 0 Å². The molecule has 0 aliphatic carbocycles. The average Bonchev–Trinajstić information content (AvgIpc) is 2.26. The van der Waals surface area contributed by atoms with Crippen LogP contribution in [0.25, 0.3) is 0 Å². The van der Waals surface area contributed by atoms with Crippen molar-refractivity contribution < 1.29 is 5.11 Å². The summed E-state index contributed by atoms with van der Waals surface area (Å²) in [6, 6.07) is 8.54. The maximum absolute atomic E-state index is 8.75. The van der Waals surface area contributed by atoms with Gasteiger partial charge in [-0.1, -0.05) is 12.1 Å². The number of rotatable bonds is 6. The molecule has 0 aliphatic heterocycles. The highest BCUT2D eigenvalue weighted by Gasteiger charge is 1.99. The fourth-order valence-electron chi connectivity index (χ4n) is 1.44. The van der Waals surface area contributed by atoms with Crippen LogP contribution in [0.4, 0.5) is 5.69 Å². The maximum atomic E-state index is 8.75. The van der Waals surface area contributed by atoms with Crippen LogP contribution in [0.2, 0.25) is 0 Å². The molecule has 1 aromatic rings. The highest BCUT2D eigenvalue weighted by atomic mass is 16.2. The van der Waals surface area contributed by atoms with Gasteiger partial charge in [0.1, 0.15) is 0 Å². The lowest BCUT2D eigenvalue weighted by atomic mass is 10.1. The van der Waals surface area contributed by atoms with Gasteiger partial charge in [0, 0.05) is 24.9 Å². The number of anilines is 1. The quantitative estimate of drug-likeness (QED) is 0.662. The second kappa shape index (κ2) is 6.43.